The molecule has 1 aromatic rings. The van der Waals surface area contributed by atoms with Crippen molar-refractivity contribution < 1.29 is 29.6 Å². The number of aryl methyl sites for hydroxylation is 1. The molecule has 1 aliphatic heterocycles. The van der Waals surface area contributed by atoms with Gasteiger partial charge in [-0.25, -0.2) is 0 Å². The second-order valence-electron chi connectivity index (χ2n) is 11.2. The number of carbonyl (C=O) groups excluding carboxylic acids is 1. The summed E-state index contributed by atoms with van der Waals surface area (Å²) in [5.74, 6) is 1.44. The maximum Gasteiger partial charge on any atom is 0.302 e. The van der Waals surface area contributed by atoms with E-state index in [2.05, 4.69) is 22.5 Å². The number of guanidine groups is 1. The summed E-state index contributed by atoms with van der Waals surface area (Å²) in [7, 11) is 1.65. The third-order valence-corrected chi connectivity index (χ3v) is 8.34. The molecule has 0 spiro atoms. The summed E-state index contributed by atoms with van der Waals surface area (Å²) in [5, 5.41) is 38.1. The van der Waals surface area contributed by atoms with Crippen molar-refractivity contribution in [2.75, 3.05) is 26.7 Å². The first-order chi connectivity index (χ1) is 18.7. The Morgan fingerprint density at radius 2 is 1.97 bits per heavy atom. The number of aliphatic hydroxyl groups is 2. The van der Waals surface area contributed by atoms with Crippen LogP contribution in [0.1, 0.15) is 69.9 Å². The van der Waals surface area contributed by atoms with E-state index in [1.807, 2.05) is 0 Å². The topological polar surface area (TPSA) is 159 Å². The van der Waals surface area contributed by atoms with Crippen molar-refractivity contribution in [3.05, 3.63) is 23.3 Å². The molecule has 1 aromatic carbocycles. The van der Waals surface area contributed by atoms with Crippen LogP contribution < -0.4 is 21.1 Å². The smallest absolute Gasteiger partial charge is 0.302 e. The lowest BCUT2D eigenvalue weighted by atomic mass is 9.72. The van der Waals surface area contributed by atoms with Crippen LogP contribution in [0, 0.1) is 17.8 Å². The third kappa shape index (κ3) is 9.54. The van der Waals surface area contributed by atoms with E-state index in [0.29, 0.717) is 54.9 Å². The number of hydrogen-bond donors (Lipinski definition) is 6. The van der Waals surface area contributed by atoms with Crippen LogP contribution in [0.5, 0.6) is 11.5 Å². The van der Waals surface area contributed by atoms with Gasteiger partial charge >= 0.3 is 5.97 Å². The third-order valence-electron chi connectivity index (χ3n) is 8.34. The Balaban J connectivity index is 1.64. The van der Waals surface area contributed by atoms with Gasteiger partial charge in [0.25, 0.3) is 0 Å². The predicted molar refractivity (Wildman–Crippen MR) is 151 cm³/mol. The van der Waals surface area contributed by atoms with E-state index in [4.69, 9.17) is 15.2 Å². The van der Waals surface area contributed by atoms with Crippen molar-refractivity contribution in [1.82, 2.24) is 10.6 Å². The molecule has 39 heavy (non-hydrogen) atoms. The molecule has 1 saturated heterocycles. The van der Waals surface area contributed by atoms with Crippen LogP contribution in [0.4, 0.5) is 0 Å². The zero-order chi connectivity index (χ0) is 28.4. The number of nitrogens with zero attached hydrogens (tertiary/aromatic N) is 1. The number of phenolic OH excluding ortho intramolecular Hbond substituents is 1. The van der Waals surface area contributed by atoms with Gasteiger partial charge in [0.1, 0.15) is 12.2 Å². The van der Waals surface area contributed by atoms with E-state index < -0.39 is 12.2 Å². The molecule has 2 fully saturated rings. The van der Waals surface area contributed by atoms with Crippen LogP contribution >= 0.6 is 0 Å². The summed E-state index contributed by atoms with van der Waals surface area (Å²) in [5.41, 5.74) is 7.25. The second-order valence-corrected chi connectivity index (χ2v) is 11.2. The average Bonchev–Trinajstić information content (AvgIpc) is 2.92. The standard InChI is InChI=1S/C29H48N4O6/c1-18-4-5-21(12-22(18)16-33-29(30)31-3)26(36)15-25(38-19(2)35)7-6-20-14-28(27(37)13-23(20)17-34)39-24-8-10-32-11-9-24/h13-14,18,21-22,24-26,32,34,36-37H,4-12,15-17H2,1-3H3,(H3,30,31,33). The van der Waals surface area contributed by atoms with E-state index in [1.165, 1.54) is 6.92 Å². The molecule has 0 radical (unpaired) electrons. The van der Waals surface area contributed by atoms with Gasteiger partial charge in [-0.15, -0.1) is 0 Å². The van der Waals surface area contributed by atoms with Crippen molar-refractivity contribution in [2.24, 2.45) is 28.5 Å². The molecular formula is C29H48N4O6. The number of aliphatic hydroxyl groups excluding tert-OH is 2. The largest absolute Gasteiger partial charge is 0.504 e. The second kappa shape index (κ2) is 15.3. The van der Waals surface area contributed by atoms with Gasteiger partial charge in [0.2, 0.25) is 0 Å². The molecule has 10 nitrogen and oxygen atoms in total. The molecule has 1 aliphatic carbocycles. The van der Waals surface area contributed by atoms with Crippen molar-refractivity contribution in [3.63, 3.8) is 0 Å². The van der Waals surface area contributed by atoms with Crippen molar-refractivity contribution in [2.45, 2.75) is 90.1 Å². The van der Waals surface area contributed by atoms with Crippen LogP contribution in [0.3, 0.4) is 0 Å². The highest BCUT2D eigenvalue weighted by Crippen LogP contribution is 2.37. The summed E-state index contributed by atoms with van der Waals surface area (Å²) in [6, 6.07) is 3.34. The lowest BCUT2D eigenvalue weighted by molar-refractivity contribution is -0.148. The number of benzene rings is 1. The average molecular weight is 549 g/mol. The quantitative estimate of drug-likeness (QED) is 0.131. The Morgan fingerprint density at radius 3 is 2.64 bits per heavy atom. The Hall–Kier alpha value is -2.56. The minimum atomic E-state index is -0.600. The molecule has 7 N–H and O–H groups in total. The molecule has 5 unspecified atom stereocenters. The maximum atomic E-state index is 11.9. The molecule has 0 bridgehead atoms. The predicted octanol–water partition coefficient (Wildman–Crippen LogP) is 2.22. The van der Waals surface area contributed by atoms with E-state index in [9.17, 15) is 20.1 Å². The van der Waals surface area contributed by atoms with Gasteiger partial charge in [-0.2, -0.15) is 0 Å². The van der Waals surface area contributed by atoms with Crippen molar-refractivity contribution >= 4 is 11.9 Å². The fourth-order valence-corrected chi connectivity index (χ4v) is 5.86. The van der Waals surface area contributed by atoms with E-state index in [0.717, 1.165) is 50.8 Å². The van der Waals surface area contributed by atoms with E-state index in [-0.39, 0.29) is 30.3 Å². The van der Waals surface area contributed by atoms with Gasteiger partial charge in [-0.3, -0.25) is 9.79 Å². The van der Waals surface area contributed by atoms with Crippen LogP contribution in [-0.2, 0) is 22.6 Å². The minimum Gasteiger partial charge on any atom is -0.504 e. The van der Waals surface area contributed by atoms with Gasteiger partial charge in [0.05, 0.1) is 12.7 Å². The number of carbonyl (C=O) groups is 1. The maximum absolute atomic E-state index is 11.9. The molecule has 1 saturated carbocycles. The number of aromatic hydroxyl groups is 1. The fraction of sp³-hybridized carbons (Fsp3) is 0.724. The number of phenols is 1. The molecule has 0 aromatic heterocycles. The van der Waals surface area contributed by atoms with Gasteiger partial charge in [0.15, 0.2) is 17.5 Å². The van der Waals surface area contributed by atoms with Gasteiger partial charge in [-0.05, 0) is 92.6 Å². The Morgan fingerprint density at radius 1 is 1.23 bits per heavy atom. The number of rotatable bonds is 12. The molecule has 3 rings (SSSR count). The van der Waals surface area contributed by atoms with Crippen LogP contribution in [-0.4, -0.2) is 72.2 Å². The number of nitrogens with two attached hydrogens (primary N) is 1. The Labute approximate surface area is 232 Å². The molecule has 2 aliphatic rings. The lowest BCUT2D eigenvalue weighted by Crippen LogP contribution is -2.41. The first kappa shape index (κ1) is 31.0. The highest BCUT2D eigenvalue weighted by molar-refractivity contribution is 5.77. The summed E-state index contributed by atoms with van der Waals surface area (Å²) in [6.07, 6.45) is 4.83. The van der Waals surface area contributed by atoms with Crippen molar-refractivity contribution in [1.29, 1.82) is 0 Å². The number of aliphatic imine (C=N–C) groups is 1. The molecule has 0 amide bonds. The Kier molecular flexibility index (Phi) is 12.1. The summed E-state index contributed by atoms with van der Waals surface area (Å²) >= 11 is 0. The minimum absolute atomic E-state index is 0.0100. The number of ether oxygens (including phenoxy) is 2. The van der Waals surface area contributed by atoms with Gasteiger partial charge in [0, 0.05) is 26.9 Å². The van der Waals surface area contributed by atoms with Gasteiger partial charge in [-0.1, -0.05) is 13.3 Å². The molecule has 220 valence electrons. The van der Waals surface area contributed by atoms with E-state index >= 15 is 0 Å². The highest BCUT2D eigenvalue weighted by atomic mass is 16.5. The normalized spacial score (nSPS) is 24.1. The zero-order valence-electron chi connectivity index (χ0n) is 23.7. The Bertz CT molecular complexity index is 952. The van der Waals surface area contributed by atoms with Crippen LogP contribution in [0.2, 0.25) is 0 Å². The fourth-order valence-electron chi connectivity index (χ4n) is 5.86. The first-order valence-electron chi connectivity index (χ1n) is 14.3. The molecule has 5 atom stereocenters. The number of esters is 1. The van der Waals surface area contributed by atoms with E-state index in [1.54, 1.807) is 19.2 Å². The molecule has 10 heteroatoms. The molecular weight excluding hydrogens is 500 g/mol. The monoisotopic (exact) mass is 548 g/mol. The zero-order valence-corrected chi connectivity index (χ0v) is 23.7. The summed E-state index contributed by atoms with van der Waals surface area (Å²) in [4.78, 5) is 15.9. The number of hydrogen-bond acceptors (Lipinski definition) is 8. The highest BCUT2D eigenvalue weighted by Gasteiger charge is 2.33. The first-order valence-corrected chi connectivity index (χ1v) is 14.3. The van der Waals surface area contributed by atoms with Gasteiger partial charge < -0.3 is 41.2 Å². The van der Waals surface area contributed by atoms with Crippen LogP contribution in [0.15, 0.2) is 17.1 Å². The summed E-state index contributed by atoms with van der Waals surface area (Å²) in [6.45, 7) is 5.85. The number of piperidine rings is 1. The molecule has 1 heterocycles. The SMILES string of the molecule is CN=C(N)NCC1CC(C(O)CC(CCc2cc(OC3CCNCC3)c(O)cc2CO)OC(C)=O)CCC1C. The number of nitrogens with one attached hydrogen (secondary N) is 2. The van der Waals surface area contributed by atoms with Crippen LogP contribution in [0.25, 0.3) is 0 Å². The summed E-state index contributed by atoms with van der Waals surface area (Å²) < 4.78 is 11.7. The lowest BCUT2D eigenvalue weighted by Gasteiger charge is -2.37. The van der Waals surface area contributed by atoms with Crippen molar-refractivity contribution in [3.8, 4) is 11.5 Å².